The van der Waals surface area contributed by atoms with Gasteiger partial charge in [-0.25, -0.2) is 21.6 Å². The molecule has 24 heavy (non-hydrogen) atoms. The van der Waals surface area contributed by atoms with Crippen LogP contribution in [0.15, 0.2) is 28.0 Å². The molecule has 7 nitrogen and oxygen atoms in total. The minimum absolute atomic E-state index is 0.0983. The maximum absolute atomic E-state index is 12.9. The van der Waals surface area contributed by atoms with Crippen molar-refractivity contribution in [2.24, 2.45) is 0 Å². The molecule has 9 heteroatoms. The zero-order chi connectivity index (χ0) is 17.5. The van der Waals surface area contributed by atoms with E-state index < -0.39 is 20.0 Å². The monoisotopic (exact) mass is 373 g/mol. The number of benzene rings is 1. The van der Waals surface area contributed by atoms with E-state index in [0.29, 0.717) is 18.7 Å². The Kier molecular flexibility index (Phi) is 4.73. The van der Waals surface area contributed by atoms with Gasteiger partial charge in [0.25, 0.3) is 0 Å². The molecular weight excluding hydrogens is 350 g/mol. The van der Waals surface area contributed by atoms with Crippen LogP contribution in [0.5, 0.6) is 0 Å². The van der Waals surface area contributed by atoms with Crippen LogP contribution < -0.4 is 10.0 Å². The molecule has 2 unspecified atom stereocenters. The van der Waals surface area contributed by atoms with Gasteiger partial charge in [-0.3, -0.25) is 0 Å². The highest BCUT2D eigenvalue weighted by molar-refractivity contribution is 7.89. The van der Waals surface area contributed by atoms with Crippen LogP contribution in [-0.2, 0) is 20.0 Å². The lowest BCUT2D eigenvalue weighted by Crippen LogP contribution is -2.59. The van der Waals surface area contributed by atoms with Crippen molar-refractivity contribution in [3.63, 3.8) is 0 Å². The first-order valence-corrected chi connectivity index (χ1v) is 11.0. The third-order valence-corrected chi connectivity index (χ3v) is 8.17. The summed E-state index contributed by atoms with van der Waals surface area (Å²) in [5.41, 5.74) is 0.417. The first-order chi connectivity index (χ1) is 11.2. The number of piperidine rings is 1. The molecule has 0 amide bonds. The second-order valence-corrected chi connectivity index (χ2v) is 10.2. The molecule has 2 bridgehead atoms. The number of fused-ring (bicyclic) bond motifs is 2. The molecule has 2 N–H and O–H groups in total. The zero-order valence-corrected chi connectivity index (χ0v) is 15.5. The average Bonchev–Trinajstić information content (AvgIpc) is 2.54. The summed E-state index contributed by atoms with van der Waals surface area (Å²) in [6, 6.07) is 4.59. The number of hydrogen-bond acceptors (Lipinski definition) is 5. The number of rotatable bonds is 4. The number of piperazine rings is 1. The molecule has 134 valence electrons. The van der Waals surface area contributed by atoms with Gasteiger partial charge in [0.1, 0.15) is 0 Å². The highest BCUT2D eigenvalue weighted by Crippen LogP contribution is 2.26. The SMILES string of the molecule is CNS(=O)(=O)c1ccc(S(=O)(=O)N2CC3CCCC(C2)N3)cc1C. The molecule has 0 spiro atoms. The molecule has 2 saturated heterocycles. The van der Waals surface area contributed by atoms with Crippen molar-refractivity contribution in [3.8, 4) is 0 Å². The minimum atomic E-state index is -3.62. The molecular formula is C15H23N3O4S2. The van der Waals surface area contributed by atoms with E-state index in [-0.39, 0.29) is 21.9 Å². The van der Waals surface area contributed by atoms with E-state index in [2.05, 4.69) is 10.0 Å². The summed E-state index contributed by atoms with van der Waals surface area (Å²) < 4.78 is 53.5. The second kappa shape index (κ2) is 6.38. The Morgan fingerprint density at radius 2 is 1.75 bits per heavy atom. The largest absolute Gasteiger partial charge is 0.309 e. The van der Waals surface area contributed by atoms with Crippen LogP contribution in [0.25, 0.3) is 0 Å². The molecule has 0 aliphatic carbocycles. The van der Waals surface area contributed by atoms with Crippen molar-refractivity contribution in [2.75, 3.05) is 20.1 Å². The van der Waals surface area contributed by atoms with Gasteiger partial charge < -0.3 is 5.32 Å². The topological polar surface area (TPSA) is 95.6 Å². The predicted octanol–water partition coefficient (Wildman–Crippen LogP) is 0.418. The van der Waals surface area contributed by atoms with Crippen LogP contribution in [0.1, 0.15) is 24.8 Å². The number of sulfonamides is 2. The van der Waals surface area contributed by atoms with Crippen LogP contribution in [0.4, 0.5) is 0 Å². The fraction of sp³-hybridized carbons (Fsp3) is 0.600. The van der Waals surface area contributed by atoms with Gasteiger partial charge in [0.2, 0.25) is 20.0 Å². The highest BCUT2D eigenvalue weighted by Gasteiger charge is 2.36. The van der Waals surface area contributed by atoms with Crippen LogP contribution in [0.2, 0.25) is 0 Å². The molecule has 2 heterocycles. The molecule has 2 aliphatic rings. The van der Waals surface area contributed by atoms with Crippen molar-refractivity contribution in [1.82, 2.24) is 14.3 Å². The Morgan fingerprint density at radius 1 is 1.12 bits per heavy atom. The summed E-state index contributed by atoms with van der Waals surface area (Å²) in [5, 5.41) is 3.46. The van der Waals surface area contributed by atoms with Gasteiger partial charge in [-0.1, -0.05) is 6.42 Å². The molecule has 2 fully saturated rings. The summed E-state index contributed by atoms with van der Waals surface area (Å²) in [4.78, 5) is 0.246. The van der Waals surface area contributed by atoms with Crippen molar-refractivity contribution < 1.29 is 16.8 Å². The van der Waals surface area contributed by atoms with Gasteiger partial charge in [-0.2, -0.15) is 4.31 Å². The van der Waals surface area contributed by atoms with E-state index in [0.717, 1.165) is 19.3 Å². The van der Waals surface area contributed by atoms with E-state index in [1.807, 2.05) is 0 Å². The summed E-state index contributed by atoms with van der Waals surface area (Å²) in [6.45, 7) is 2.54. The maximum atomic E-state index is 12.9. The summed E-state index contributed by atoms with van der Waals surface area (Å²) in [5.74, 6) is 0. The molecule has 0 saturated carbocycles. The fourth-order valence-electron chi connectivity index (χ4n) is 3.50. The lowest BCUT2D eigenvalue weighted by molar-refractivity contribution is 0.190. The van der Waals surface area contributed by atoms with E-state index in [1.165, 1.54) is 29.6 Å². The fourth-order valence-corrected chi connectivity index (χ4v) is 6.07. The molecule has 3 rings (SSSR count). The Labute approximate surface area is 143 Å². The van der Waals surface area contributed by atoms with Gasteiger partial charge >= 0.3 is 0 Å². The predicted molar refractivity (Wildman–Crippen MR) is 90.7 cm³/mol. The first kappa shape index (κ1) is 17.8. The molecule has 2 atom stereocenters. The number of aryl methyl sites for hydroxylation is 1. The number of nitrogens with one attached hydrogen (secondary N) is 2. The van der Waals surface area contributed by atoms with Gasteiger partial charge in [0.15, 0.2) is 0 Å². The van der Waals surface area contributed by atoms with E-state index in [4.69, 9.17) is 0 Å². The average molecular weight is 374 g/mol. The lowest BCUT2D eigenvalue weighted by atomic mass is 9.96. The highest BCUT2D eigenvalue weighted by atomic mass is 32.2. The van der Waals surface area contributed by atoms with Crippen molar-refractivity contribution >= 4 is 20.0 Å². The second-order valence-electron chi connectivity index (χ2n) is 6.45. The Hall–Kier alpha value is -1.00. The first-order valence-electron chi connectivity index (χ1n) is 8.04. The third kappa shape index (κ3) is 3.23. The standard InChI is InChI=1S/C15H23N3O4S2/c1-11-8-14(6-7-15(11)23(19,20)16-2)24(21,22)18-9-12-4-3-5-13(10-18)17-12/h6-8,12-13,16-17H,3-5,9-10H2,1-2H3. The normalized spacial score (nSPS) is 25.6. The molecule has 1 aromatic rings. The van der Waals surface area contributed by atoms with Crippen LogP contribution in [0.3, 0.4) is 0 Å². The van der Waals surface area contributed by atoms with E-state index in [9.17, 15) is 16.8 Å². The van der Waals surface area contributed by atoms with E-state index >= 15 is 0 Å². The Bertz CT molecular complexity index is 824. The van der Waals surface area contributed by atoms with Crippen molar-refractivity contribution in [2.45, 2.75) is 48.1 Å². The maximum Gasteiger partial charge on any atom is 0.243 e. The molecule has 0 radical (unpaired) electrons. The molecule has 2 aliphatic heterocycles. The van der Waals surface area contributed by atoms with Gasteiger partial charge in [0.05, 0.1) is 9.79 Å². The smallest absolute Gasteiger partial charge is 0.243 e. The van der Waals surface area contributed by atoms with Gasteiger partial charge in [0, 0.05) is 25.2 Å². The van der Waals surface area contributed by atoms with Crippen molar-refractivity contribution in [3.05, 3.63) is 23.8 Å². The Balaban J connectivity index is 1.92. The van der Waals surface area contributed by atoms with E-state index in [1.54, 1.807) is 6.92 Å². The van der Waals surface area contributed by atoms with Crippen LogP contribution in [0, 0.1) is 6.92 Å². The van der Waals surface area contributed by atoms with Crippen molar-refractivity contribution in [1.29, 1.82) is 0 Å². The van der Waals surface area contributed by atoms with Gasteiger partial charge in [-0.05, 0) is 50.6 Å². The quantitative estimate of drug-likeness (QED) is 0.797. The zero-order valence-electron chi connectivity index (χ0n) is 13.8. The molecule has 0 aromatic heterocycles. The minimum Gasteiger partial charge on any atom is -0.309 e. The summed E-state index contributed by atoms with van der Waals surface area (Å²) in [6.07, 6.45) is 3.10. The van der Waals surface area contributed by atoms with Crippen LogP contribution in [-0.4, -0.2) is 53.4 Å². The number of nitrogens with zero attached hydrogens (tertiary/aromatic N) is 1. The lowest BCUT2D eigenvalue weighted by Gasteiger charge is -2.41. The molecule has 1 aromatic carbocycles. The Morgan fingerprint density at radius 3 is 2.29 bits per heavy atom. The number of hydrogen-bond donors (Lipinski definition) is 2. The van der Waals surface area contributed by atoms with Crippen LogP contribution >= 0.6 is 0 Å². The summed E-state index contributed by atoms with van der Waals surface area (Å²) in [7, 11) is -5.88. The van der Waals surface area contributed by atoms with Gasteiger partial charge in [-0.15, -0.1) is 0 Å². The third-order valence-electron chi connectivity index (χ3n) is 4.77. The summed E-state index contributed by atoms with van der Waals surface area (Å²) >= 11 is 0.